The Morgan fingerprint density at radius 3 is 2.23 bits per heavy atom. The molecule has 26 heavy (non-hydrogen) atoms. The van der Waals surface area contributed by atoms with Crippen LogP contribution in [0.4, 0.5) is 0 Å². The van der Waals surface area contributed by atoms with E-state index in [9.17, 15) is 0 Å². The van der Waals surface area contributed by atoms with Crippen molar-refractivity contribution in [2.75, 3.05) is 13.2 Å². The molecule has 0 aliphatic heterocycles. The Morgan fingerprint density at radius 1 is 0.769 bits per heavy atom. The van der Waals surface area contributed by atoms with Crippen LogP contribution in [0.5, 0.6) is 0 Å². The number of ether oxygens (including phenoxy) is 1. The first-order valence-corrected chi connectivity index (χ1v) is 10.1. The molecule has 0 unspecified atom stereocenters. The average molecular weight is 409 g/mol. The molecule has 134 valence electrons. The van der Waals surface area contributed by atoms with Crippen molar-refractivity contribution in [2.45, 2.75) is 26.2 Å². The second-order valence-electron chi connectivity index (χ2n) is 6.47. The molecule has 0 N–H and O–H groups in total. The topological polar surface area (TPSA) is 9.23 Å². The lowest BCUT2D eigenvalue weighted by atomic mass is 9.94. The van der Waals surface area contributed by atoms with Gasteiger partial charge >= 0.3 is 0 Å². The molecule has 0 atom stereocenters. The molecule has 0 saturated heterocycles. The van der Waals surface area contributed by atoms with Gasteiger partial charge in [-0.25, -0.2) is 0 Å². The van der Waals surface area contributed by atoms with Gasteiger partial charge in [0.1, 0.15) is 0 Å². The van der Waals surface area contributed by atoms with Crippen LogP contribution in [-0.4, -0.2) is 13.2 Å². The molecule has 0 spiro atoms. The summed E-state index contributed by atoms with van der Waals surface area (Å²) >= 11 is 3.62. The molecule has 0 amide bonds. The van der Waals surface area contributed by atoms with Gasteiger partial charge in [0.15, 0.2) is 0 Å². The van der Waals surface area contributed by atoms with Crippen molar-refractivity contribution >= 4 is 15.9 Å². The third kappa shape index (κ3) is 5.06. The standard InChI is InChI=1S/C24H25BrO/c1-2-3-16-26-17-15-19-9-11-21(12-10-19)24-18-22(25)13-14-23(24)20-7-5-4-6-8-20/h4-14,18H,2-3,15-17H2,1H3. The van der Waals surface area contributed by atoms with Gasteiger partial charge in [0.05, 0.1) is 6.61 Å². The summed E-state index contributed by atoms with van der Waals surface area (Å²) < 4.78 is 6.78. The van der Waals surface area contributed by atoms with E-state index in [4.69, 9.17) is 4.74 Å². The monoisotopic (exact) mass is 408 g/mol. The molecule has 3 aromatic carbocycles. The maximum Gasteiger partial charge on any atom is 0.0506 e. The molecule has 0 saturated carbocycles. The number of hydrogen-bond acceptors (Lipinski definition) is 1. The van der Waals surface area contributed by atoms with E-state index in [0.29, 0.717) is 0 Å². The Morgan fingerprint density at radius 2 is 1.50 bits per heavy atom. The van der Waals surface area contributed by atoms with Crippen LogP contribution in [0.1, 0.15) is 25.3 Å². The fourth-order valence-electron chi connectivity index (χ4n) is 3.01. The molecular weight excluding hydrogens is 384 g/mol. The maximum absolute atomic E-state index is 5.68. The van der Waals surface area contributed by atoms with Crippen molar-refractivity contribution in [3.05, 3.63) is 82.8 Å². The quantitative estimate of drug-likeness (QED) is 0.359. The predicted molar refractivity (Wildman–Crippen MR) is 114 cm³/mol. The van der Waals surface area contributed by atoms with Gasteiger partial charge < -0.3 is 4.74 Å². The lowest BCUT2D eigenvalue weighted by Crippen LogP contribution is -2.00. The largest absolute Gasteiger partial charge is 0.381 e. The summed E-state index contributed by atoms with van der Waals surface area (Å²) in [6, 6.07) is 25.9. The lowest BCUT2D eigenvalue weighted by Gasteiger charge is -2.12. The first-order chi connectivity index (χ1) is 12.8. The van der Waals surface area contributed by atoms with Crippen molar-refractivity contribution in [1.29, 1.82) is 0 Å². The van der Waals surface area contributed by atoms with Gasteiger partial charge in [0, 0.05) is 11.1 Å². The highest BCUT2D eigenvalue weighted by Gasteiger charge is 2.08. The Labute approximate surface area is 165 Å². The van der Waals surface area contributed by atoms with Crippen LogP contribution in [0, 0.1) is 0 Å². The smallest absolute Gasteiger partial charge is 0.0506 e. The number of rotatable bonds is 8. The zero-order chi connectivity index (χ0) is 18.2. The van der Waals surface area contributed by atoms with Gasteiger partial charge in [-0.05, 0) is 52.8 Å². The molecule has 2 heteroatoms. The number of hydrogen-bond donors (Lipinski definition) is 0. The SMILES string of the molecule is CCCCOCCc1ccc(-c2cc(Br)ccc2-c2ccccc2)cc1. The summed E-state index contributed by atoms with van der Waals surface area (Å²) in [4.78, 5) is 0. The minimum atomic E-state index is 0.797. The Hall–Kier alpha value is -1.90. The van der Waals surface area contributed by atoms with E-state index < -0.39 is 0 Å². The first kappa shape index (κ1) is 18.9. The molecule has 3 aromatic rings. The first-order valence-electron chi connectivity index (χ1n) is 9.30. The molecule has 0 fully saturated rings. The number of unbranched alkanes of at least 4 members (excludes halogenated alkanes) is 1. The second kappa shape index (κ2) is 9.70. The molecule has 0 aliphatic rings. The summed E-state index contributed by atoms with van der Waals surface area (Å²) in [5.41, 5.74) is 6.30. The maximum atomic E-state index is 5.68. The minimum Gasteiger partial charge on any atom is -0.381 e. The Balaban J connectivity index is 1.78. The molecular formula is C24H25BrO. The highest BCUT2D eigenvalue weighted by molar-refractivity contribution is 9.10. The molecule has 0 heterocycles. The van der Waals surface area contributed by atoms with Gasteiger partial charge in [-0.15, -0.1) is 0 Å². The van der Waals surface area contributed by atoms with Gasteiger partial charge in [0.25, 0.3) is 0 Å². The Bertz CT molecular complexity index is 809. The van der Waals surface area contributed by atoms with Crippen molar-refractivity contribution < 1.29 is 4.74 Å². The summed E-state index contributed by atoms with van der Waals surface area (Å²) in [6.07, 6.45) is 3.29. The van der Waals surface area contributed by atoms with Gasteiger partial charge in [-0.1, -0.05) is 89.9 Å². The molecule has 3 rings (SSSR count). The molecule has 0 aromatic heterocycles. The van der Waals surface area contributed by atoms with E-state index in [1.54, 1.807) is 0 Å². The van der Waals surface area contributed by atoms with Crippen molar-refractivity contribution in [2.24, 2.45) is 0 Å². The minimum absolute atomic E-state index is 0.797. The molecule has 0 radical (unpaired) electrons. The third-order valence-electron chi connectivity index (χ3n) is 4.51. The van der Waals surface area contributed by atoms with Gasteiger partial charge in [-0.2, -0.15) is 0 Å². The fourth-order valence-corrected chi connectivity index (χ4v) is 3.38. The summed E-state index contributed by atoms with van der Waals surface area (Å²) in [7, 11) is 0. The van der Waals surface area contributed by atoms with E-state index in [2.05, 4.69) is 95.7 Å². The Kier molecular flexibility index (Phi) is 7.04. The normalized spacial score (nSPS) is 10.8. The fraction of sp³-hybridized carbons (Fsp3) is 0.250. The number of halogens is 1. The van der Waals surface area contributed by atoms with Crippen molar-refractivity contribution in [1.82, 2.24) is 0 Å². The highest BCUT2D eigenvalue weighted by atomic mass is 79.9. The second-order valence-corrected chi connectivity index (χ2v) is 7.38. The molecule has 1 nitrogen and oxygen atoms in total. The molecule has 0 aliphatic carbocycles. The van der Waals surface area contributed by atoms with E-state index >= 15 is 0 Å². The zero-order valence-corrected chi connectivity index (χ0v) is 16.8. The predicted octanol–water partition coefficient (Wildman–Crippen LogP) is 7.14. The summed E-state index contributed by atoms with van der Waals surface area (Å²) in [5.74, 6) is 0. The van der Waals surface area contributed by atoms with Crippen LogP contribution in [0.15, 0.2) is 77.3 Å². The van der Waals surface area contributed by atoms with Crippen LogP contribution >= 0.6 is 15.9 Å². The summed E-state index contributed by atoms with van der Waals surface area (Å²) in [6.45, 7) is 3.85. The van der Waals surface area contributed by atoms with E-state index in [0.717, 1.165) is 30.5 Å². The van der Waals surface area contributed by atoms with Crippen LogP contribution in [0.2, 0.25) is 0 Å². The van der Waals surface area contributed by atoms with Gasteiger partial charge in [-0.3, -0.25) is 0 Å². The highest BCUT2D eigenvalue weighted by Crippen LogP contribution is 2.34. The van der Waals surface area contributed by atoms with Crippen LogP contribution in [0.25, 0.3) is 22.3 Å². The molecule has 0 bridgehead atoms. The van der Waals surface area contributed by atoms with E-state index in [1.165, 1.54) is 34.2 Å². The van der Waals surface area contributed by atoms with Crippen LogP contribution in [-0.2, 0) is 11.2 Å². The summed E-state index contributed by atoms with van der Waals surface area (Å²) in [5, 5.41) is 0. The number of benzene rings is 3. The van der Waals surface area contributed by atoms with E-state index in [-0.39, 0.29) is 0 Å². The van der Waals surface area contributed by atoms with Crippen molar-refractivity contribution in [3.63, 3.8) is 0 Å². The third-order valence-corrected chi connectivity index (χ3v) is 5.00. The zero-order valence-electron chi connectivity index (χ0n) is 15.2. The van der Waals surface area contributed by atoms with Gasteiger partial charge in [0.2, 0.25) is 0 Å². The lowest BCUT2D eigenvalue weighted by molar-refractivity contribution is 0.134. The van der Waals surface area contributed by atoms with E-state index in [1.807, 2.05) is 0 Å². The van der Waals surface area contributed by atoms with Crippen LogP contribution in [0.3, 0.4) is 0 Å². The average Bonchev–Trinajstić information content (AvgIpc) is 2.69. The van der Waals surface area contributed by atoms with Crippen molar-refractivity contribution in [3.8, 4) is 22.3 Å². The van der Waals surface area contributed by atoms with Crippen LogP contribution < -0.4 is 0 Å².